The number of hydrogen-bond acceptors (Lipinski definition) is 3. The molecular formula is C28H33NO2. The van der Waals surface area contributed by atoms with Crippen molar-refractivity contribution in [1.29, 1.82) is 0 Å². The zero-order valence-corrected chi connectivity index (χ0v) is 18.5. The normalized spacial score (nSPS) is 19.1. The lowest BCUT2D eigenvalue weighted by atomic mass is 9.81. The van der Waals surface area contributed by atoms with Crippen molar-refractivity contribution < 1.29 is 9.47 Å². The van der Waals surface area contributed by atoms with Crippen molar-refractivity contribution in [3.63, 3.8) is 0 Å². The van der Waals surface area contributed by atoms with Crippen LogP contribution in [0.2, 0.25) is 0 Å². The average Bonchev–Trinajstić information content (AvgIpc) is 2.84. The molecule has 31 heavy (non-hydrogen) atoms. The van der Waals surface area contributed by atoms with Gasteiger partial charge in [-0.05, 0) is 73.7 Å². The van der Waals surface area contributed by atoms with Gasteiger partial charge in [0.05, 0.1) is 13.7 Å². The van der Waals surface area contributed by atoms with Crippen molar-refractivity contribution in [3.8, 4) is 11.5 Å². The summed E-state index contributed by atoms with van der Waals surface area (Å²) in [5, 5.41) is 0. The molecule has 3 nitrogen and oxygen atoms in total. The van der Waals surface area contributed by atoms with Crippen molar-refractivity contribution in [2.45, 2.75) is 25.2 Å². The molecule has 0 aliphatic carbocycles. The number of rotatable bonds is 9. The van der Waals surface area contributed by atoms with E-state index < -0.39 is 0 Å². The summed E-state index contributed by atoms with van der Waals surface area (Å²) < 4.78 is 11.5. The minimum Gasteiger partial charge on any atom is -0.497 e. The molecule has 0 amide bonds. The van der Waals surface area contributed by atoms with Gasteiger partial charge in [-0.2, -0.15) is 0 Å². The van der Waals surface area contributed by atoms with E-state index in [0.29, 0.717) is 11.8 Å². The van der Waals surface area contributed by atoms with Gasteiger partial charge in [0.15, 0.2) is 0 Å². The molecule has 2 atom stereocenters. The van der Waals surface area contributed by atoms with E-state index in [2.05, 4.69) is 65.6 Å². The summed E-state index contributed by atoms with van der Waals surface area (Å²) in [6.45, 7) is 4.13. The molecule has 0 saturated carbocycles. The van der Waals surface area contributed by atoms with Crippen LogP contribution in [0, 0.1) is 5.92 Å². The summed E-state index contributed by atoms with van der Waals surface area (Å²) in [5.74, 6) is 2.80. The molecule has 162 valence electrons. The highest BCUT2D eigenvalue weighted by atomic mass is 16.5. The minimum absolute atomic E-state index is 0.481. The number of benzene rings is 3. The molecule has 4 rings (SSSR count). The van der Waals surface area contributed by atoms with E-state index >= 15 is 0 Å². The quantitative estimate of drug-likeness (QED) is 0.440. The first-order chi connectivity index (χ1) is 15.3. The fourth-order valence-corrected chi connectivity index (χ4v) is 4.65. The van der Waals surface area contributed by atoms with E-state index in [1.807, 2.05) is 24.3 Å². The molecule has 0 aromatic heterocycles. The van der Waals surface area contributed by atoms with Gasteiger partial charge in [0.1, 0.15) is 11.5 Å². The Hall–Kier alpha value is -2.78. The van der Waals surface area contributed by atoms with Gasteiger partial charge in [-0.3, -0.25) is 0 Å². The van der Waals surface area contributed by atoms with E-state index in [1.165, 1.54) is 24.0 Å². The van der Waals surface area contributed by atoms with Crippen molar-refractivity contribution in [2.24, 2.45) is 5.92 Å². The molecule has 0 N–H and O–H groups in total. The fraction of sp³-hybridized carbons (Fsp3) is 0.357. The van der Waals surface area contributed by atoms with Crippen LogP contribution in [-0.4, -0.2) is 38.3 Å². The highest BCUT2D eigenvalue weighted by Gasteiger charge is 2.30. The number of aryl methyl sites for hydroxylation is 1. The van der Waals surface area contributed by atoms with Crippen LogP contribution in [0.15, 0.2) is 84.9 Å². The maximum absolute atomic E-state index is 6.24. The van der Waals surface area contributed by atoms with Gasteiger partial charge in [0.2, 0.25) is 0 Å². The maximum atomic E-state index is 6.24. The molecule has 3 aromatic rings. The van der Waals surface area contributed by atoms with Crippen molar-refractivity contribution >= 4 is 0 Å². The molecule has 1 fully saturated rings. The molecular weight excluding hydrogens is 382 g/mol. The molecule has 0 spiro atoms. The van der Waals surface area contributed by atoms with E-state index in [0.717, 1.165) is 44.2 Å². The second kappa shape index (κ2) is 11.0. The lowest BCUT2D eigenvalue weighted by Gasteiger charge is -2.39. The first-order valence-electron chi connectivity index (χ1n) is 11.4. The summed E-state index contributed by atoms with van der Waals surface area (Å²) in [7, 11) is 1.69. The Morgan fingerprint density at radius 2 is 1.52 bits per heavy atom. The lowest BCUT2D eigenvalue weighted by Crippen LogP contribution is -2.42. The summed E-state index contributed by atoms with van der Waals surface area (Å²) >= 11 is 0. The van der Waals surface area contributed by atoms with E-state index in [4.69, 9.17) is 9.47 Å². The number of ether oxygens (including phenoxy) is 2. The van der Waals surface area contributed by atoms with Crippen LogP contribution >= 0.6 is 0 Å². The second-order valence-corrected chi connectivity index (χ2v) is 8.44. The predicted molar refractivity (Wildman–Crippen MR) is 127 cm³/mol. The topological polar surface area (TPSA) is 21.7 Å². The summed E-state index contributed by atoms with van der Waals surface area (Å²) in [5.41, 5.74) is 2.87. The van der Waals surface area contributed by atoms with Crippen LogP contribution in [0.4, 0.5) is 0 Å². The van der Waals surface area contributed by atoms with Gasteiger partial charge < -0.3 is 14.4 Å². The van der Waals surface area contributed by atoms with E-state index in [1.54, 1.807) is 7.11 Å². The molecule has 0 radical (unpaired) electrons. The highest BCUT2D eigenvalue weighted by molar-refractivity contribution is 5.31. The smallest absolute Gasteiger partial charge is 0.119 e. The van der Waals surface area contributed by atoms with Gasteiger partial charge in [-0.1, -0.05) is 60.7 Å². The van der Waals surface area contributed by atoms with Gasteiger partial charge in [-0.15, -0.1) is 0 Å². The van der Waals surface area contributed by atoms with Crippen LogP contribution < -0.4 is 9.47 Å². The lowest BCUT2D eigenvalue weighted by molar-refractivity contribution is 0.110. The zero-order chi connectivity index (χ0) is 21.3. The standard InChI is InChI=1S/C28H33NO2/c1-30-26-14-16-27(17-15-26)31-22-25-21-29(19-8-11-23-9-4-2-5-10-23)20-18-28(25)24-12-6-3-7-13-24/h2-7,9-10,12-17,25,28H,8,11,18-22H2,1H3. The van der Waals surface area contributed by atoms with Gasteiger partial charge in [0.25, 0.3) is 0 Å². The van der Waals surface area contributed by atoms with E-state index in [-0.39, 0.29) is 0 Å². The predicted octanol–water partition coefficient (Wildman–Crippen LogP) is 5.81. The Bertz CT molecular complexity index is 893. The van der Waals surface area contributed by atoms with Crippen LogP contribution in [-0.2, 0) is 6.42 Å². The molecule has 3 aromatic carbocycles. The summed E-state index contributed by atoms with van der Waals surface area (Å²) in [6, 6.07) is 29.7. The monoisotopic (exact) mass is 415 g/mol. The van der Waals surface area contributed by atoms with Gasteiger partial charge >= 0.3 is 0 Å². The van der Waals surface area contributed by atoms with Crippen LogP contribution in [0.1, 0.15) is 29.9 Å². The first-order valence-corrected chi connectivity index (χ1v) is 11.4. The molecule has 1 saturated heterocycles. The van der Waals surface area contributed by atoms with Crippen LogP contribution in [0.5, 0.6) is 11.5 Å². The molecule has 1 aliphatic heterocycles. The number of methoxy groups -OCH3 is 1. The molecule has 3 heteroatoms. The molecule has 2 unspecified atom stereocenters. The Balaban J connectivity index is 1.37. The number of piperidine rings is 1. The van der Waals surface area contributed by atoms with Crippen molar-refractivity contribution in [2.75, 3.05) is 33.4 Å². The Labute approximate surface area is 186 Å². The van der Waals surface area contributed by atoms with Crippen LogP contribution in [0.25, 0.3) is 0 Å². The second-order valence-electron chi connectivity index (χ2n) is 8.44. The van der Waals surface area contributed by atoms with Gasteiger partial charge in [-0.25, -0.2) is 0 Å². The Kier molecular flexibility index (Phi) is 7.62. The largest absolute Gasteiger partial charge is 0.497 e. The SMILES string of the molecule is COc1ccc(OCC2CN(CCCc3ccccc3)CCC2c2ccccc2)cc1. The zero-order valence-electron chi connectivity index (χ0n) is 18.5. The number of hydrogen-bond donors (Lipinski definition) is 0. The van der Waals surface area contributed by atoms with Crippen molar-refractivity contribution in [1.82, 2.24) is 4.90 Å². The van der Waals surface area contributed by atoms with Crippen LogP contribution in [0.3, 0.4) is 0 Å². The highest BCUT2D eigenvalue weighted by Crippen LogP contribution is 2.34. The average molecular weight is 416 g/mol. The van der Waals surface area contributed by atoms with Crippen molar-refractivity contribution in [3.05, 3.63) is 96.1 Å². The fourth-order valence-electron chi connectivity index (χ4n) is 4.65. The molecule has 1 aliphatic rings. The third kappa shape index (κ3) is 6.11. The Morgan fingerprint density at radius 1 is 0.839 bits per heavy atom. The number of nitrogens with zero attached hydrogens (tertiary/aromatic N) is 1. The molecule has 0 bridgehead atoms. The third-order valence-electron chi connectivity index (χ3n) is 6.35. The van der Waals surface area contributed by atoms with E-state index in [9.17, 15) is 0 Å². The first kappa shape index (κ1) is 21.5. The number of likely N-dealkylation sites (tertiary alicyclic amines) is 1. The molecule has 1 heterocycles. The van der Waals surface area contributed by atoms with Gasteiger partial charge in [0, 0.05) is 12.5 Å². The third-order valence-corrected chi connectivity index (χ3v) is 6.35. The summed E-state index contributed by atoms with van der Waals surface area (Å²) in [4.78, 5) is 2.63. The maximum Gasteiger partial charge on any atom is 0.119 e. The summed E-state index contributed by atoms with van der Waals surface area (Å²) in [6.07, 6.45) is 3.53. The minimum atomic E-state index is 0.481. The Morgan fingerprint density at radius 3 is 2.23 bits per heavy atom.